The van der Waals surface area contributed by atoms with Gasteiger partial charge in [-0.25, -0.2) is 0 Å². The van der Waals surface area contributed by atoms with Gasteiger partial charge in [-0.1, -0.05) is 32.9 Å². The predicted octanol–water partition coefficient (Wildman–Crippen LogP) is 3.91. The summed E-state index contributed by atoms with van der Waals surface area (Å²) < 4.78 is 12.1. The fourth-order valence-corrected chi connectivity index (χ4v) is 2.50. The maximum atomic E-state index is 6.11. The van der Waals surface area contributed by atoms with Crippen LogP contribution in [0, 0.1) is 5.92 Å². The Bertz CT molecular complexity index is 540. The fraction of sp³-hybridized carbons (Fsp3) is 0.412. The third-order valence-electron chi connectivity index (χ3n) is 3.77. The van der Waals surface area contributed by atoms with E-state index in [9.17, 15) is 0 Å². The lowest BCUT2D eigenvalue weighted by atomic mass is 9.94. The highest BCUT2D eigenvalue weighted by Crippen LogP contribution is 2.37. The molecule has 2 atom stereocenters. The number of ether oxygens (including phenoxy) is 2. The molecule has 1 aliphatic heterocycles. The third kappa shape index (κ3) is 2.27. The lowest BCUT2D eigenvalue weighted by Crippen LogP contribution is -2.38. The Balaban J connectivity index is 1.90. The highest BCUT2D eigenvalue weighted by molar-refractivity contribution is 5.46. The van der Waals surface area contributed by atoms with E-state index in [1.807, 2.05) is 6.07 Å². The van der Waals surface area contributed by atoms with E-state index in [1.54, 1.807) is 0 Å². The van der Waals surface area contributed by atoms with Gasteiger partial charge in [0.25, 0.3) is 0 Å². The Morgan fingerprint density at radius 1 is 1.11 bits per heavy atom. The van der Waals surface area contributed by atoms with Crippen molar-refractivity contribution in [1.82, 2.24) is 0 Å². The van der Waals surface area contributed by atoms with Crippen molar-refractivity contribution in [3.8, 4) is 11.5 Å². The first-order valence-electron chi connectivity index (χ1n) is 7.03. The van der Waals surface area contributed by atoms with Crippen LogP contribution >= 0.6 is 0 Å². The van der Waals surface area contributed by atoms with E-state index >= 15 is 0 Å². The average Bonchev–Trinajstić information content (AvgIpc) is 2.43. The van der Waals surface area contributed by atoms with Crippen LogP contribution in [0.15, 0.2) is 42.0 Å². The number of fused-ring (bicyclic) bond motifs is 2. The summed E-state index contributed by atoms with van der Waals surface area (Å²) in [5.41, 5.74) is 2.60. The fourth-order valence-electron chi connectivity index (χ4n) is 2.50. The van der Waals surface area contributed by atoms with Crippen molar-refractivity contribution in [2.45, 2.75) is 39.4 Å². The normalized spacial score (nSPS) is 24.1. The minimum Gasteiger partial charge on any atom is -0.478 e. The summed E-state index contributed by atoms with van der Waals surface area (Å²) in [5.74, 6) is 2.24. The molecule has 0 fully saturated rings. The Morgan fingerprint density at radius 2 is 1.89 bits per heavy atom. The maximum absolute atomic E-state index is 6.11. The van der Waals surface area contributed by atoms with Crippen LogP contribution in [0.5, 0.6) is 11.5 Å². The summed E-state index contributed by atoms with van der Waals surface area (Å²) in [6.45, 7) is 6.54. The molecule has 0 radical (unpaired) electrons. The van der Waals surface area contributed by atoms with Gasteiger partial charge in [-0.2, -0.15) is 0 Å². The predicted molar refractivity (Wildman–Crippen MR) is 76.7 cm³/mol. The second-order valence-corrected chi connectivity index (χ2v) is 5.48. The van der Waals surface area contributed by atoms with Gasteiger partial charge < -0.3 is 9.47 Å². The van der Waals surface area contributed by atoms with Crippen LogP contribution in [-0.4, -0.2) is 12.2 Å². The standard InChI is InChI=1S/C17H20O2/c1-4-12-5-7-14-16(9-12)19-17-10-13(11(2)3)6-8-15(17)18-14/h5-11,15,17H,4H2,1-3H3. The largest absolute Gasteiger partial charge is 0.478 e. The molecule has 3 rings (SSSR count). The van der Waals surface area contributed by atoms with Gasteiger partial charge in [0.1, 0.15) is 0 Å². The maximum Gasteiger partial charge on any atom is 0.162 e. The van der Waals surface area contributed by atoms with Gasteiger partial charge in [-0.3, -0.25) is 0 Å². The summed E-state index contributed by atoms with van der Waals surface area (Å²) in [4.78, 5) is 0. The van der Waals surface area contributed by atoms with E-state index in [4.69, 9.17) is 9.47 Å². The zero-order chi connectivity index (χ0) is 13.4. The molecule has 1 aliphatic carbocycles. The first kappa shape index (κ1) is 12.3. The highest BCUT2D eigenvalue weighted by Gasteiger charge is 2.30. The second-order valence-electron chi connectivity index (χ2n) is 5.48. The van der Waals surface area contributed by atoms with E-state index in [0.29, 0.717) is 5.92 Å². The molecule has 2 unspecified atom stereocenters. The van der Waals surface area contributed by atoms with Gasteiger partial charge in [0, 0.05) is 0 Å². The highest BCUT2D eigenvalue weighted by atomic mass is 16.6. The SMILES string of the molecule is CCc1ccc2c(c1)OC1C=C(C(C)C)C=CC1O2. The van der Waals surface area contributed by atoms with E-state index in [0.717, 1.165) is 17.9 Å². The monoisotopic (exact) mass is 256 g/mol. The molecular formula is C17H20O2. The zero-order valence-corrected chi connectivity index (χ0v) is 11.7. The third-order valence-corrected chi connectivity index (χ3v) is 3.77. The summed E-state index contributed by atoms with van der Waals surface area (Å²) >= 11 is 0. The van der Waals surface area contributed by atoms with Crippen LogP contribution in [0.25, 0.3) is 0 Å². The number of hydrogen-bond donors (Lipinski definition) is 0. The quantitative estimate of drug-likeness (QED) is 0.798. The Kier molecular flexibility index (Phi) is 3.09. The number of benzene rings is 1. The molecule has 1 heterocycles. The van der Waals surface area contributed by atoms with Crippen LogP contribution in [0.3, 0.4) is 0 Å². The van der Waals surface area contributed by atoms with Crippen molar-refractivity contribution in [3.63, 3.8) is 0 Å². The average molecular weight is 256 g/mol. The molecule has 100 valence electrons. The first-order chi connectivity index (χ1) is 9.17. The molecule has 1 aromatic rings. The molecule has 1 aromatic carbocycles. The molecule has 2 nitrogen and oxygen atoms in total. The molecule has 0 amide bonds. The van der Waals surface area contributed by atoms with Crippen molar-refractivity contribution < 1.29 is 9.47 Å². The number of rotatable bonds is 2. The molecule has 0 saturated heterocycles. The summed E-state index contributed by atoms with van der Waals surface area (Å²) in [6.07, 6.45) is 7.47. The van der Waals surface area contributed by atoms with Crippen LogP contribution in [-0.2, 0) is 6.42 Å². The van der Waals surface area contributed by atoms with Gasteiger partial charge in [-0.15, -0.1) is 0 Å². The minimum atomic E-state index is 0.00186. The smallest absolute Gasteiger partial charge is 0.162 e. The van der Waals surface area contributed by atoms with Crippen molar-refractivity contribution in [3.05, 3.63) is 47.6 Å². The zero-order valence-electron chi connectivity index (χ0n) is 11.7. The van der Waals surface area contributed by atoms with E-state index < -0.39 is 0 Å². The first-order valence-corrected chi connectivity index (χ1v) is 7.03. The minimum absolute atomic E-state index is 0.00186. The van der Waals surface area contributed by atoms with Crippen LogP contribution in [0.1, 0.15) is 26.3 Å². The Morgan fingerprint density at radius 3 is 2.63 bits per heavy atom. The molecule has 0 aromatic heterocycles. The summed E-state index contributed by atoms with van der Waals surface area (Å²) in [5, 5.41) is 0. The molecular weight excluding hydrogens is 236 g/mol. The van der Waals surface area contributed by atoms with Gasteiger partial charge >= 0.3 is 0 Å². The van der Waals surface area contributed by atoms with Crippen LogP contribution < -0.4 is 9.47 Å². The van der Waals surface area contributed by atoms with Crippen molar-refractivity contribution >= 4 is 0 Å². The van der Waals surface area contributed by atoms with E-state index in [1.165, 1.54) is 11.1 Å². The van der Waals surface area contributed by atoms with Gasteiger partial charge in [0.05, 0.1) is 0 Å². The van der Waals surface area contributed by atoms with Gasteiger partial charge in [0.2, 0.25) is 0 Å². The topological polar surface area (TPSA) is 18.5 Å². The van der Waals surface area contributed by atoms with Crippen LogP contribution in [0.2, 0.25) is 0 Å². The molecule has 19 heavy (non-hydrogen) atoms. The second kappa shape index (κ2) is 4.76. The number of aryl methyl sites for hydroxylation is 1. The number of hydrogen-bond acceptors (Lipinski definition) is 2. The van der Waals surface area contributed by atoms with Crippen molar-refractivity contribution in [2.75, 3.05) is 0 Å². The van der Waals surface area contributed by atoms with E-state index in [-0.39, 0.29) is 12.2 Å². The van der Waals surface area contributed by atoms with E-state index in [2.05, 4.69) is 51.1 Å². The van der Waals surface area contributed by atoms with Gasteiger partial charge in [-0.05, 0) is 47.8 Å². The van der Waals surface area contributed by atoms with Crippen LogP contribution in [0.4, 0.5) is 0 Å². The Labute approximate surface area is 114 Å². The van der Waals surface area contributed by atoms with Crippen molar-refractivity contribution in [2.24, 2.45) is 5.92 Å². The lowest BCUT2D eigenvalue weighted by molar-refractivity contribution is 0.0744. The van der Waals surface area contributed by atoms with Gasteiger partial charge in [0.15, 0.2) is 23.7 Å². The Hall–Kier alpha value is -1.70. The van der Waals surface area contributed by atoms with Crippen molar-refractivity contribution in [1.29, 1.82) is 0 Å². The lowest BCUT2D eigenvalue weighted by Gasteiger charge is -2.33. The summed E-state index contributed by atoms with van der Waals surface area (Å²) in [7, 11) is 0. The molecule has 0 N–H and O–H groups in total. The summed E-state index contributed by atoms with van der Waals surface area (Å²) in [6, 6.07) is 6.21. The molecule has 2 heteroatoms. The molecule has 0 saturated carbocycles. The molecule has 2 aliphatic rings. The number of allylic oxidation sites excluding steroid dienone is 2. The molecule has 0 bridgehead atoms. The molecule has 0 spiro atoms.